The van der Waals surface area contributed by atoms with Gasteiger partial charge in [-0.05, 0) is 32.4 Å². The van der Waals surface area contributed by atoms with Gasteiger partial charge in [0.25, 0.3) is 0 Å². The smallest absolute Gasteiger partial charge is 0.163 e. The maximum absolute atomic E-state index is 12.2. The van der Waals surface area contributed by atoms with Crippen molar-refractivity contribution in [3.63, 3.8) is 0 Å². The number of carbonyl (C=O) groups is 1. The van der Waals surface area contributed by atoms with Crippen LogP contribution in [0.3, 0.4) is 0 Å². The Hall–Kier alpha value is -1.31. The Morgan fingerprint density at radius 2 is 1.71 bits per heavy atom. The molecule has 1 aromatic rings. The Balaban J connectivity index is 2.28. The average Bonchev–Trinajstić information content (AvgIpc) is 2.45. The second-order valence-corrected chi connectivity index (χ2v) is 5.99. The van der Waals surface area contributed by atoms with Crippen LogP contribution in [-0.2, 0) is 0 Å². The maximum Gasteiger partial charge on any atom is 0.163 e. The molecule has 0 radical (unpaired) electrons. The Labute approximate surface area is 129 Å². The molecule has 0 aliphatic heterocycles. The number of ketones is 1. The summed E-state index contributed by atoms with van der Waals surface area (Å²) in [5.41, 5.74) is 0.777. The number of unbranched alkanes of at least 4 members (excludes halogenated alkanes) is 6. The molecule has 0 spiro atoms. The van der Waals surface area contributed by atoms with Gasteiger partial charge in [-0.15, -0.1) is 0 Å². The van der Waals surface area contributed by atoms with Gasteiger partial charge in [0.05, 0.1) is 6.10 Å². The predicted molar refractivity (Wildman–Crippen MR) is 89.1 cm³/mol. The third kappa shape index (κ3) is 7.89. The van der Waals surface area contributed by atoms with E-state index in [0.29, 0.717) is 6.42 Å². The summed E-state index contributed by atoms with van der Waals surface area (Å²) in [4.78, 5) is 12.2. The zero-order chi connectivity index (χ0) is 15.5. The van der Waals surface area contributed by atoms with E-state index in [1.807, 2.05) is 38.1 Å². The molecule has 0 N–H and O–H groups in total. The van der Waals surface area contributed by atoms with Crippen LogP contribution in [0.5, 0.6) is 5.75 Å². The summed E-state index contributed by atoms with van der Waals surface area (Å²) in [5.74, 6) is 1.02. The lowest BCUT2D eigenvalue weighted by molar-refractivity contribution is 0.0978. The number of hydrogen-bond acceptors (Lipinski definition) is 2. The van der Waals surface area contributed by atoms with Crippen LogP contribution in [0.1, 0.15) is 82.5 Å². The Kier molecular flexibility index (Phi) is 8.80. The van der Waals surface area contributed by atoms with Crippen LogP contribution in [0.2, 0.25) is 0 Å². The molecule has 0 unspecified atom stereocenters. The van der Waals surface area contributed by atoms with Crippen molar-refractivity contribution >= 4 is 5.78 Å². The van der Waals surface area contributed by atoms with Crippen LogP contribution in [0.4, 0.5) is 0 Å². The summed E-state index contributed by atoms with van der Waals surface area (Å²) in [6, 6.07) is 7.56. The molecule has 0 heterocycles. The number of rotatable bonds is 11. The van der Waals surface area contributed by atoms with E-state index in [9.17, 15) is 4.79 Å². The van der Waals surface area contributed by atoms with E-state index >= 15 is 0 Å². The van der Waals surface area contributed by atoms with Gasteiger partial charge in [-0.3, -0.25) is 4.79 Å². The van der Waals surface area contributed by atoms with Gasteiger partial charge in [0.15, 0.2) is 5.78 Å². The van der Waals surface area contributed by atoms with Crippen molar-refractivity contribution in [3.05, 3.63) is 29.8 Å². The van der Waals surface area contributed by atoms with E-state index in [1.54, 1.807) is 0 Å². The van der Waals surface area contributed by atoms with E-state index < -0.39 is 0 Å². The molecule has 0 saturated heterocycles. The topological polar surface area (TPSA) is 26.3 Å². The van der Waals surface area contributed by atoms with Gasteiger partial charge in [0, 0.05) is 12.0 Å². The summed E-state index contributed by atoms with van der Waals surface area (Å²) >= 11 is 0. The second-order valence-electron chi connectivity index (χ2n) is 5.99. The van der Waals surface area contributed by atoms with Gasteiger partial charge in [-0.25, -0.2) is 0 Å². The summed E-state index contributed by atoms with van der Waals surface area (Å²) in [7, 11) is 0. The lowest BCUT2D eigenvalue weighted by Crippen LogP contribution is -2.06. The molecule has 0 aliphatic carbocycles. The highest BCUT2D eigenvalue weighted by atomic mass is 16.5. The number of Topliss-reactive ketones (excluding diaryl/α,β-unsaturated/α-hetero) is 1. The van der Waals surface area contributed by atoms with Crippen LogP contribution in [0, 0.1) is 0 Å². The molecule has 21 heavy (non-hydrogen) atoms. The molecule has 0 bridgehead atoms. The molecule has 0 aliphatic rings. The van der Waals surface area contributed by atoms with Crippen molar-refractivity contribution in [1.29, 1.82) is 0 Å². The lowest BCUT2D eigenvalue weighted by atomic mass is 10.0. The highest BCUT2D eigenvalue weighted by Gasteiger charge is 2.07. The van der Waals surface area contributed by atoms with Crippen molar-refractivity contribution in [3.8, 4) is 5.75 Å². The number of benzene rings is 1. The van der Waals surface area contributed by atoms with Crippen LogP contribution in [-0.4, -0.2) is 11.9 Å². The molecule has 0 fully saturated rings. The fourth-order valence-electron chi connectivity index (χ4n) is 2.40. The van der Waals surface area contributed by atoms with Crippen molar-refractivity contribution in [1.82, 2.24) is 0 Å². The summed E-state index contributed by atoms with van der Waals surface area (Å²) < 4.78 is 5.63. The minimum absolute atomic E-state index is 0.137. The molecule has 1 rings (SSSR count). The van der Waals surface area contributed by atoms with Gasteiger partial charge < -0.3 is 4.74 Å². The number of hydrogen-bond donors (Lipinski definition) is 0. The molecule has 0 saturated carbocycles. The van der Waals surface area contributed by atoms with Gasteiger partial charge in [-0.1, -0.05) is 57.6 Å². The molecule has 0 atom stereocenters. The highest BCUT2D eigenvalue weighted by molar-refractivity contribution is 5.96. The van der Waals surface area contributed by atoms with Gasteiger partial charge in [0.2, 0.25) is 0 Å². The Morgan fingerprint density at radius 3 is 2.38 bits per heavy atom. The minimum atomic E-state index is 0.137. The zero-order valence-electron chi connectivity index (χ0n) is 13.9. The van der Waals surface area contributed by atoms with Gasteiger partial charge >= 0.3 is 0 Å². The standard InChI is InChI=1S/C19H30O2/c1-4-5-6-7-8-9-10-14-19(20)17-12-11-13-18(15-17)21-16(2)3/h11-13,15-16H,4-10,14H2,1-3H3. The summed E-state index contributed by atoms with van der Waals surface area (Å²) in [5, 5.41) is 0. The molecule has 2 nitrogen and oxygen atoms in total. The first-order chi connectivity index (χ1) is 10.1. The van der Waals surface area contributed by atoms with E-state index in [-0.39, 0.29) is 11.9 Å². The molecule has 1 aromatic carbocycles. The van der Waals surface area contributed by atoms with Crippen LogP contribution in [0.25, 0.3) is 0 Å². The second kappa shape index (κ2) is 10.4. The molecule has 0 amide bonds. The number of ether oxygens (including phenoxy) is 1. The molecular formula is C19H30O2. The van der Waals surface area contributed by atoms with Crippen molar-refractivity contribution in [2.45, 2.75) is 78.2 Å². The Morgan fingerprint density at radius 1 is 1.05 bits per heavy atom. The van der Waals surface area contributed by atoms with Crippen molar-refractivity contribution in [2.24, 2.45) is 0 Å². The quantitative estimate of drug-likeness (QED) is 0.380. The van der Waals surface area contributed by atoms with E-state index in [0.717, 1.165) is 24.2 Å². The van der Waals surface area contributed by atoms with Crippen LogP contribution >= 0.6 is 0 Å². The first-order valence-corrected chi connectivity index (χ1v) is 8.43. The van der Waals surface area contributed by atoms with Crippen molar-refractivity contribution < 1.29 is 9.53 Å². The van der Waals surface area contributed by atoms with E-state index in [4.69, 9.17) is 4.74 Å². The maximum atomic E-state index is 12.2. The monoisotopic (exact) mass is 290 g/mol. The van der Waals surface area contributed by atoms with Gasteiger partial charge in [0.1, 0.15) is 5.75 Å². The first kappa shape index (κ1) is 17.7. The fraction of sp³-hybridized carbons (Fsp3) is 0.632. The lowest BCUT2D eigenvalue weighted by Gasteiger charge is -2.10. The average molecular weight is 290 g/mol. The number of carbonyl (C=O) groups excluding carboxylic acids is 1. The van der Waals surface area contributed by atoms with Crippen LogP contribution < -0.4 is 4.74 Å². The molecule has 2 heteroatoms. The van der Waals surface area contributed by atoms with E-state index in [2.05, 4.69) is 6.92 Å². The summed E-state index contributed by atoms with van der Waals surface area (Å²) in [6.45, 7) is 6.22. The Bertz CT molecular complexity index is 410. The summed E-state index contributed by atoms with van der Waals surface area (Å²) in [6.07, 6.45) is 9.47. The normalized spacial score (nSPS) is 10.9. The van der Waals surface area contributed by atoms with Crippen LogP contribution in [0.15, 0.2) is 24.3 Å². The molecular weight excluding hydrogens is 260 g/mol. The van der Waals surface area contributed by atoms with Crippen molar-refractivity contribution in [2.75, 3.05) is 0 Å². The predicted octanol–water partition coefficient (Wildman–Crippen LogP) is 5.80. The third-order valence-corrected chi connectivity index (χ3v) is 3.54. The zero-order valence-corrected chi connectivity index (χ0v) is 13.9. The minimum Gasteiger partial charge on any atom is -0.491 e. The SMILES string of the molecule is CCCCCCCCCC(=O)c1cccc(OC(C)C)c1. The van der Waals surface area contributed by atoms with Gasteiger partial charge in [-0.2, -0.15) is 0 Å². The fourth-order valence-corrected chi connectivity index (χ4v) is 2.40. The first-order valence-electron chi connectivity index (χ1n) is 8.43. The molecule has 118 valence electrons. The largest absolute Gasteiger partial charge is 0.491 e. The third-order valence-electron chi connectivity index (χ3n) is 3.54. The molecule has 0 aromatic heterocycles. The highest BCUT2D eigenvalue weighted by Crippen LogP contribution is 2.17. The van der Waals surface area contributed by atoms with E-state index in [1.165, 1.54) is 32.1 Å².